The second kappa shape index (κ2) is 14.1. The van der Waals surface area contributed by atoms with Gasteiger partial charge in [0.15, 0.2) is 6.61 Å². The molecule has 0 saturated carbocycles. The maximum atomic E-state index is 13.1. The highest BCUT2D eigenvalue weighted by Gasteiger charge is 2.23. The fraction of sp³-hybridized carbons (Fsp3) is 0.464. The average molecular weight is 530 g/mol. The minimum atomic E-state index is -0.516. The van der Waals surface area contributed by atoms with E-state index in [1.54, 1.807) is 24.3 Å². The van der Waals surface area contributed by atoms with E-state index in [0.29, 0.717) is 37.5 Å². The van der Waals surface area contributed by atoms with E-state index in [-0.39, 0.29) is 24.5 Å². The number of anilines is 1. The van der Waals surface area contributed by atoms with E-state index < -0.39 is 5.97 Å². The van der Waals surface area contributed by atoms with Crippen LogP contribution in [0.2, 0.25) is 5.02 Å². The lowest BCUT2D eigenvalue weighted by Crippen LogP contribution is -2.49. The molecule has 0 N–H and O–H groups in total. The molecule has 2 aromatic rings. The van der Waals surface area contributed by atoms with Crippen LogP contribution < -0.4 is 4.90 Å². The molecule has 2 aromatic carbocycles. The number of ether oxygens (including phenoxy) is 2. The smallest absolute Gasteiger partial charge is 0.303 e. The Morgan fingerprint density at radius 1 is 0.973 bits per heavy atom. The van der Waals surface area contributed by atoms with Gasteiger partial charge in [-0.15, -0.1) is 0 Å². The molecule has 3 rings (SSSR count). The first-order chi connectivity index (χ1) is 17.7. The summed E-state index contributed by atoms with van der Waals surface area (Å²) in [6.45, 7) is 9.33. The summed E-state index contributed by atoms with van der Waals surface area (Å²) >= 11 is 5.96. The van der Waals surface area contributed by atoms with Crippen molar-refractivity contribution >= 4 is 35.1 Å². The number of piperazine rings is 1. The number of hydrogen-bond donors (Lipinski definition) is 0. The van der Waals surface area contributed by atoms with Crippen LogP contribution in [0, 0.1) is 0 Å². The molecule has 0 bridgehead atoms. The fourth-order valence-electron chi connectivity index (χ4n) is 4.10. The zero-order valence-corrected chi connectivity index (χ0v) is 22.6. The molecule has 0 unspecified atom stereocenters. The summed E-state index contributed by atoms with van der Waals surface area (Å²) in [6.07, 6.45) is 0.977. The van der Waals surface area contributed by atoms with Gasteiger partial charge in [0.1, 0.15) is 0 Å². The van der Waals surface area contributed by atoms with Gasteiger partial charge in [0.25, 0.3) is 11.8 Å². The lowest BCUT2D eigenvalue weighted by atomic mass is 10.1. The number of rotatable bonds is 11. The molecule has 1 aliphatic rings. The Hall–Kier alpha value is -2.94. The minimum Gasteiger partial charge on any atom is -0.456 e. The first kappa shape index (κ1) is 28.6. The third-order valence-electron chi connectivity index (χ3n) is 6.18. The Bertz CT molecular complexity index is 1030. The van der Waals surface area contributed by atoms with Crippen molar-refractivity contribution in [1.82, 2.24) is 9.80 Å². The summed E-state index contributed by atoms with van der Waals surface area (Å²) in [4.78, 5) is 42.7. The molecule has 200 valence electrons. The Kier molecular flexibility index (Phi) is 10.9. The third-order valence-corrected chi connectivity index (χ3v) is 6.43. The zero-order valence-electron chi connectivity index (χ0n) is 21.8. The number of hydrogen-bond acceptors (Lipinski definition) is 6. The molecule has 9 heteroatoms. The average Bonchev–Trinajstić information content (AvgIpc) is 2.89. The van der Waals surface area contributed by atoms with Crippen molar-refractivity contribution in [3.05, 3.63) is 64.7 Å². The molecule has 0 spiro atoms. The SMILES string of the molecule is CC(=O)OCC(=O)N(CCOC(C)C)c1ccc(C(=O)N2CCN(CCc3ccc(Cl)cc3)CC2)cc1. The van der Waals surface area contributed by atoms with E-state index in [2.05, 4.69) is 4.90 Å². The molecule has 1 saturated heterocycles. The Labute approximate surface area is 224 Å². The predicted molar refractivity (Wildman–Crippen MR) is 144 cm³/mol. The van der Waals surface area contributed by atoms with Crippen molar-refractivity contribution in [1.29, 1.82) is 0 Å². The van der Waals surface area contributed by atoms with Gasteiger partial charge < -0.3 is 19.3 Å². The number of carbonyl (C=O) groups is 3. The van der Waals surface area contributed by atoms with Gasteiger partial charge in [-0.3, -0.25) is 19.3 Å². The van der Waals surface area contributed by atoms with Crippen molar-refractivity contribution in [3.8, 4) is 0 Å². The molecule has 0 radical (unpaired) electrons. The zero-order chi connectivity index (χ0) is 26.8. The number of benzene rings is 2. The number of nitrogens with zero attached hydrogens (tertiary/aromatic N) is 3. The van der Waals surface area contributed by atoms with Crippen LogP contribution in [-0.2, 0) is 25.5 Å². The molecule has 2 amide bonds. The quantitative estimate of drug-likeness (QED) is 0.413. The van der Waals surface area contributed by atoms with Gasteiger partial charge in [0.05, 0.1) is 12.7 Å². The number of carbonyl (C=O) groups excluding carboxylic acids is 3. The predicted octanol–water partition coefficient (Wildman–Crippen LogP) is 3.66. The van der Waals surface area contributed by atoms with Crippen LogP contribution in [0.5, 0.6) is 0 Å². The lowest BCUT2D eigenvalue weighted by molar-refractivity contribution is -0.145. The molecule has 1 fully saturated rings. The van der Waals surface area contributed by atoms with Gasteiger partial charge in [-0.2, -0.15) is 0 Å². The normalized spacial score (nSPS) is 14.0. The lowest BCUT2D eigenvalue weighted by Gasteiger charge is -2.35. The number of amides is 2. The van der Waals surface area contributed by atoms with Crippen molar-refractivity contribution in [2.75, 3.05) is 57.4 Å². The first-order valence-electron chi connectivity index (χ1n) is 12.6. The third kappa shape index (κ3) is 9.14. The summed E-state index contributed by atoms with van der Waals surface area (Å²) in [7, 11) is 0. The molecule has 8 nitrogen and oxygen atoms in total. The summed E-state index contributed by atoms with van der Waals surface area (Å²) in [5.41, 5.74) is 2.44. The molecule has 37 heavy (non-hydrogen) atoms. The van der Waals surface area contributed by atoms with Crippen LogP contribution in [-0.4, -0.2) is 86.2 Å². The van der Waals surface area contributed by atoms with Crippen molar-refractivity contribution in [3.63, 3.8) is 0 Å². The summed E-state index contributed by atoms with van der Waals surface area (Å²) in [6, 6.07) is 14.9. The van der Waals surface area contributed by atoms with E-state index in [0.717, 1.165) is 31.1 Å². The van der Waals surface area contributed by atoms with Crippen LogP contribution >= 0.6 is 11.6 Å². The Balaban J connectivity index is 1.54. The first-order valence-corrected chi connectivity index (χ1v) is 13.0. The van der Waals surface area contributed by atoms with Crippen molar-refractivity contribution in [2.24, 2.45) is 0 Å². The van der Waals surface area contributed by atoms with Gasteiger partial charge in [0.2, 0.25) is 0 Å². The van der Waals surface area contributed by atoms with Gasteiger partial charge in [-0.05, 0) is 62.2 Å². The van der Waals surface area contributed by atoms with Crippen LogP contribution in [0.3, 0.4) is 0 Å². The van der Waals surface area contributed by atoms with Crippen LogP contribution in [0.4, 0.5) is 5.69 Å². The van der Waals surface area contributed by atoms with E-state index in [1.807, 2.05) is 43.0 Å². The molecule has 1 aliphatic heterocycles. The summed E-state index contributed by atoms with van der Waals surface area (Å²) in [5.74, 6) is -0.890. The van der Waals surface area contributed by atoms with Gasteiger partial charge in [0, 0.05) is 62.5 Å². The second-order valence-electron chi connectivity index (χ2n) is 9.30. The monoisotopic (exact) mass is 529 g/mol. The highest BCUT2D eigenvalue weighted by atomic mass is 35.5. The van der Waals surface area contributed by atoms with Crippen LogP contribution in [0.15, 0.2) is 48.5 Å². The maximum absolute atomic E-state index is 13.1. The van der Waals surface area contributed by atoms with E-state index in [9.17, 15) is 14.4 Å². The van der Waals surface area contributed by atoms with Gasteiger partial charge >= 0.3 is 5.97 Å². The van der Waals surface area contributed by atoms with E-state index in [1.165, 1.54) is 17.4 Å². The standard InChI is InChI=1S/C28H36ClN3O5/c1-21(2)36-19-18-32(27(34)20-37-22(3)33)26-10-6-24(7-11-26)28(35)31-16-14-30(15-17-31)13-12-23-4-8-25(29)9-5-23/h4-11,21H,12-20H2,1-3H3. The van der Waals surface area contributed by atoms with E-state index >= 15 is 0 Å². The fourth-order valence-corrected chi connectivity index (χ4v) is 4.22. The molecule has 1 heterocycles. The van der Waals surface area contributed by atoms with E-state index in [4.69, 9.17) is 21.1 Å². The summed E-state index contributed by atoms with van der Waals surface area (Å²) < 4.78 is 10.5. The van der Waals surface area contributed by atoms with Gasteiger partial charge in [-0.25, -0.2) is 0 Å². The van der Waals surface area contributed by atoms with Crippen LogP contribution in [0.25, 0.3) is 0 Å². The van der Waals surface area contributed by atoms with Crippen LogP contribution in [0.1, 0.15) is 36.7 Å². The second-order valence-corrected chi connectivity index (χ2v) is 9.74. The molecule has 0 aromatic heterocycles. The number of halogens is 1. The van der Waals surface area contributed by atoms with Crippen molar-refractivity contribution < 1.29 is 23.9 Å². The highest BCUT2D eigenvalue weighted by Crippen LogP contribution is 2.18. The maximum Gasteiger partial charge on any atom is 0.303 e. The Morgan fingerprint density at radius 3 is 2.22 bits per heavy atom. The summed E-state index contributed by atoms with van der Waals surface area (Å²) in [5, 5.41) is 0.741. The minimum absolute atomic E-state index is 0.0233. The molecule has 0 atom stereocenters. The topological polar surface area (TPSA) is 79.4 Å². The molecular formula is C28H36ClN3O5. The largest absolute Gasteiger partial charge is 0.456 e. The van der Waals surface area contributed by atoms with Crippen molar-refractivity contribution in [2.45, 2.75) is 33.3 Å². The molecule has 0 aliphatic carbocycles. The highest BCUT2D eigenvalue weighted by molar-refractivity contribution is 6.30. The Morgan fingerprint density at radius 2 is 1.62 bits per heavy atom. The molecular weight excluding hydrogens is 494 g/mol. The van der Waals surface area contributed by atoms with Gasteiger partial charge in [-0.1, -0.05) is 23.7 Å². The number of esters is 1.